The molecule has 0 radical (unpaired) electrons. The number of aryl methyl sites for hydroxylation is 1. The van der Waals surface area contributed by atoms with E-state index in [0.29, 0.717) is 29.6 Å². The monoisotopic (exact) mass is 418 g/mol. The maximum Gasteiger partial charge on any atom is 0.223 e. The highest BCUT2D eigenvalue weighted by Gasteiger charge is 2.41. The van der Waals surface area contributed by atoms with E-state index in [0.717, 1.165) is 31.6 Å². The third-order valence-corrected chi connectivity index (χ3v) is 6.35. The molecule has 2 heterocycles. The minimum Gasteiger partial charge on any atom is -0.373 e. The number of halogens is 2. The van der Waals surface area contributed by atoms with Gasteiger partial charge >= 0.3 is 0 Å². The van der Waals surface area contributed by atoms with Crippen LogP contribution in [0.1, 0.15) is 17.5 Å². The Morgan fingerprint density at radius 2 is 1.86 bits per heavy atom. The molecule has 0 aliphatic carbocycles. The molecule has 2 atom stereocenters. The number of rotatable bonds is 5. The molecule has 28 heavy (non-hydrogen) atoms. The zero-order valence-electron chi connectivity index (χ0n) is 15.7. The smallest absolute Gasteiger partial charge is 0.223 e. The molecule has 2 aromatic rings. The van der Waals surface area contributed by atoms with E-state index in [1.54, 1.807) is 0 Å². The van der Waals surface area contributed by atoms with Crippen molar-refractivity contribution in [2.45, 2.75) is 31.5 Å². The van der Waals surface area contributed by atoms with E-state index in [1.165, 1.54) is 5.56 Å². The second-order valence-electron chi connectivity index (χ2n) is 7.48. The van der Waals surface area contributed by atoms with Crippen LogP contribution in [0, 0.1) is 0 Å². The summed E-state index contributed by atoms with van der Waals surface area (Å²) in [6.07, 6.45) is 1.40. The number of carbonyl (C=O) groups excluding carboxylic acids is 1. The van der Waals surface area contributed by atoms with Gasteiger partial charge in [-0.1, -0.05) is 59.6 Å². The SMILES string of the molecule is O=C(CCc1ccccc1)N1CC2OCCN(Cc3ccc(Cl)c(Cl)c3)C2C1. The van der Waals surface area contributed by atoms with Crippen molar-refractivity contribution in [1.82, 2.24) is 9.80 Å². The number of ether oxygens (including phenoxy) is 1. The lowest BCUT2D eigenvalue weighted by Gasteiger charge is -2.36. The fraction of sp³-hybridized carbons (Fsp3) is 0.409. The van der Waals surface area contributed by atoms with Crippen LogP contribution >= 0.6 is 23.2 Å². The molecular formula is C22H24Cl2N2O2. The molecule has 0 aromatic heterocycles. The van der Waals surface area contributed by atoms with Gasteiger partial charge in [-0.2, -0.15) is 0 Å². The standard InChI is InChI=1S/C22H24Cl2N2O2/c23-18-8-6-17(12-19(18)24)13-25-10-11-28-21-15-26(14-20(21)25)22(27)9-7-16-4-2-1-3-5-16/h1-6,8,12,20-21H,7,9-11,13-15H2. The molecule has 148 valence electrons. The van der Waals surface area contributed by atoms with E-state index in [-0.39, 0.29) is 18.1 Å². The molecule has 4 rings (SSSR count). The van der Waals surface area contributed by atoms with Crippen molar-refractivity contribution < 1.29 is 9.53 Å². The van der Waals surface area contributed by atoms with Crippen molar-refractivity contribution in [2.24, 2.45) is 0 Å². The average molecular weight is 419 g/mol. The van der Waals surface area contributed by atoms with Gasteiger partial charge < -0.3 is 9.64 Å². The number of fused-ring (bicyclic) bond motifs is 1. The van der Waals surface area contributed by atoms with Crippen molar-refractivity contribution in [3.05, 3.63) is 69.7 Å². The van der Waals surface area contributed by atoms with Gasteiger partial charge in [0.1, 0.15) is 0 Å². The minimum atomic E-state index is 0.0807. The third kappa shape index (κ3) is 4.52. The van der Waals surface area contributed by atoms with Gasteiger partial charge in [-0.25, -0.2) is 0 Å². The first-order valence-electron chi connectivity index (χ1n) is 9.71. The van der Waals surface area contributed by atoms with Crippen molar-refractivity contribution in [3.63, 3.8) is 0 Å². The predicted octanol–water partition coefficient (Wildman–Crippen LogP) is 4.04. The van der Waals surface area contributed by atoms with Crippen LogP contribution in [0.3, 0.4) is 0 Å². The molecule has 0 saturated carbocycles. The Kier molecular flexibility index (Phi) is 6.22. The molecule has 0 spiro atoms. The summed E-state index contributed by atoms with van der Waals surface area (Å²) in [4.78, 5) is 17.1. The number of carbonyl (C=O) groups is 1. The van der Waals surface area contributed by atoms with E-state index in [9.17, 15) is 4.79 Å². The first kappa shape index (κ1) is 19.7. The normalized spacial score (nSPS) is 22.3. The number of amides is 1. The Labute approximate surface area is 176 Å². The number of morpholine rings is 1. The number of hydrogen-bond acceptors (Lipinski definition) is 3. The van der Waals surface area contributed by atoms with Crippen LogP contribution in [-0.2, 0) is 22.5 Å². The lowest BCUT2D eigenvalue weighted by molar-refractivity contribution is -0.130. The molecule has 2 aromatic carbocycles. The summed E-state index contributed by atoms with van der Waals surface area (Å²) < 4.78 is 5.97. The maximum absolute atomic E-state index is 12.7. The second kappa shape index (κ2) is 8.83. The molecule has 0 bridgehead atoms. The summed E-state index contributed by atoms with van der Waals surface area (Å²) in [7, 11) is 0. The second-order valence-corrected chi connectivity index (χ2v) is 8.29. The Morgan fingerprint density at radius 1 is 1.04 bits per heavy atom. The fourth-order valence-corrected chi connectivity index (χ4v) is 4.41. The van der Waals surface area contributed by atoms with Gasteiger partial charge in [0.05, 0.1) is 28.8 Å². The van der Waals surface area contributed by atoms with E-state index in [2.05, 4.69) is 17.0 Å². The average Bonchev–Trinajstić information content (AvgIpc) is 3.15. The van der Waals surface area contributed by atoms with Crippen molar-refractivity contribution in [2.75, 3.05) is 26.2 Å². The highest BCUT2D eigenvalue weighted by Crippen LogP contribution is 2.27. The Bertz CT molecular complexity index is 831. The molecule has 2 aliphatic rings. The van der Waals surface area contributed by atoms with Crippen LogP contribution in [0.2, 0.25) is 10.0 Å². The molecule has 0 N–H and O–H groups in total. The molecule has 1 amide bonds. The third-order valence-electron chi connectivity index (χ3n) is 5.61. The quantitative estimate of drug-likeness (QED) is 0.734. The van der Waals surface area contributed by atoms with Gasteiger partial charge in [0.15, 0.2) is 0 Å². The summed E-state index contributed by atoms with van der Waals surface area (Å²) in [6, 6.07) is 16.2. The van der Waals surface area contributed by atoms with Gasteiger partial charge in [-0.05, 0) is 29.7 Å². The highest BCUT2D eigenvalue weighted by atomic mass is 35.5. The van der Waals surface area contributed by atoms with Gasteiger partial charge in [-0.15, -0.1) is 0 Å². The van der Waals surface area contributed by atoms with Crippen LogP contribution < -0.4 is 0 Å². The number of benzene rings is 2. The summed E-state index contributed by atoms with van der Waals surface area (Å²) >= 11 is 12.2. The van der Waals surface area contributed by atoms with E-state index in [4.69, 9.17) is 27.9 Å². The van der Waals surface area contributed by atoms with Crippen LogP contribution in [0.5, 0.6) is 0 Å². The molecule has 2 aliphatic heterocycles. The lowest BCUT2D eigenvalue weighted by atomic mass is 10.1. The number of hydrogen-bond donors (Lipinski definition) is 0. The number of likely N-dealkylation sites (tertiary alicyclic amines) is 1. The molecule has 6 heteroatoms. The van der Waals surface area contributed by atoms with Crippen LogP contribution in [0.15, 0.2) is 48.5 Å². The van der Waals surface area contributed by atoms with E-state index >= 15 is 0 Å². The summed E-state index contributed by atoms with van der Waals surface area (Å²) in [6.45, 7) is 3.73. The Morgan fingerprint density at radius 3 is 2.64 bits per heavy atom. The lowest BCUT2D eigenvalue weighted by Crippen LogP contribution is -2.50. The molecule has 2 saturated heterocycles. The fourth-order valence-electron chi connectivity index (χ4n) is 4.08. The summed E-state index contributed by atoms with van der Waals surface area (Å²) in [5, 5.41) is 1.15. The Balaban J connectivity index is 1.37. The van der Waals surface area contributed by atoms with Crippen LogP contribution in [0.25, 0.3) is 0 Å². The zero-order chi connectivity index (χ0) is 19.5. The molecule has 4 nitrogen and oxygen atoms in total. The van der Waals surface area contributed by atoms with Gasteiger partial charge in [0, 0.05) is 32.6 Å². The van der Waals surface area contributed by atoms with Crippen molar-refractivity contribution >= 4 is 29.1 Å². The Hall–Kier alpha value is -1.59. The maximum atomic E-state index is 12.7. The van der Waals surface area contributed by atoms with Crippen molar-refractivity contribution in [3.8, 4) is 0 Å². The summed E-state index contributed by atoms with van der Waals surface area (Å²) in [5.41, 5.74) is 2.33. The highest BCUT2D eigenvalue weighted by molar-refractivity contribution is 6.42. The largest absolute Gasteiger partial charge is 0.373 e. The summed E-state index contributed by atoms with van der Waals surface area (Å²) in [5.74, 6) is 0.205. The molecular weight excluding hydrogens is 395 g/mol. The van der Waals surface area contributed by atoms with Gasteiger partial charge in [-0.3, -0.25) is 9.69 Å². The topological polar surface area (TPSA) is 32.8 Å². The first-order valence-corrected chi connectivity index (χ1v) is 10.5. The minimum absolute atomic E-state index is 0.0807. The van der Waals surface area contributed by atoms with E-state index < -0.39 is 0 Å². The number of nitrogens with zero attached hydrogens (tertiary/aromatic N) is 2. The van der Waals surface area contributed by atoms with Gasteiger partial charge in [0.2, 0.25) is 5.91 Å². The van der Waals surface area contributed by atoms with Crippen LogP contribution in [-0.4, -0.2) is 54.1 Å². The molecule has 2 fully saturated rings. The van der Waals surface area contributed by atoms with Gasteiger partial charge in [0.25, 0.3) is 0 Å². The molecule has 2 unspecified atom stereocenters. The predicted molar refractivity (Wildman–Crippen MR) is 112 cm³/mol. The first-order chi connectivity index (χ1) is 13.6. The van der Waals surface area contributed by atoms with E-state index in [1.807, 2.05) is 41.3 Å². The van der Waals surface area contributed by atoms with Crippen LogP contribution in [0.4, 0.5) is 0 Å². The zero-order valence-corrected chi connectivity index (χ0v) is 17.2. The van der Waals surface area contributed by atoms with Crippen molar-refractivity contribution in [1.29, 1.82) is 0 Å².